The first-order chi connectivity index (χ1) is 9.84. The lowest BCUT2D eigenvalue weighted by atomic mass is 10.2. The molecule has 0 saturated heterocycles. The molecule has 0 radical (unpaired) electrons. The number of hydrogen-bond donors (Lipinski definition) is 1. The van der Waals surface area contributed by atoms with E-state index < -0.39 is 23.4 Å². The molecular weight excluding hydrogens is 291 g/mol. The summed E-state index contributed by atoms with van der Waals surface area (Å²) < 4.78 is 64.4. The molecule has 1 N–H and O–H groups in total. The van der Waals surface area contributed by atoms with Crippen LogP contribution < -0.4 is 0 Å². The molecule has 108 valence electrons. The molecule has 2 aromatic carbocycles. The number of H-pyrrole nitrogens is 1. The third-order valence-corrected chi connectivity index (χ3v) is 3.00. The van der Waals surface area contributed by atoms with Crippen LogP contribution in [0.15, 0.2) is 36.4 Å². The van der Waals surface area contributed by atoms with Gasteiger partial charge < -0.3 is 4.98 Å². The molecule has 0 bridgehead atoms. The minimum absolute atomic E-state index is 0.0128. The van der Waals surface area contributed by atoms with Gasteiger partial charge in [0.05, 0.1) is 22.2 Å². The van der Waals surface area contributed by atoms with Gasteiger partial charge in [0.15, 0.2) is 0 Å². The maximum Gasteiger partial charge on any atom is 0.416 e. The van der Waals surface area contributed by atoms with Crippen LogP contribution in [0.2, 0.25) is 0 Å². The van der Waals surface area contributed by atoms with Crippen molar-refractivity contribution in [3.05, 3.63) is 53.6 Å². The quantitative estimate of drug-likeness (QED) is 0.657. The third kappa shape index (κ3) is 2.46. The van der Waals surface area contributed by atoms with Gasteiger partial charge in [-0.25, -0.2) is 13.8 Å². The summed E-state index contributed by atoms with van der Waals surface area (Å²) in [6.07, 6.45) is -4.47. The molecule has 0 unspecified atom stereocenters. The number of rotatable bonds is 1. The molecule has 1 heterocycles. The number of nitrogens with zero attached hydrogens (tertiary/aromatic N) is 1. The molecule has 1 aromatic heterocycles. The number of aromatic nitrogens is 2. The van der Waals surface area contributed by atoms with Gasteiger partial charge >= 0.3 is 6.18 Å². The summed E-state index contributed by atoms with van der Waals surface area (Å²) in [5.41, 5.74) is -0.448. The molecule has 0 saturated carbocycles. The molecule has 0 atom stereocenters. The number of nitrogens with one attached hydrogen (secondary N) is 1. The van der Waals surface area contributed by atoms with Crippen molar-refractivity contribution in [3.8, 4) is 11.4 Å². The van der Waals surface area contributed by atoms with E-state index in [0.717, 1.165) is 18.2 Å². The van der Waals surface area contributed by atoms with E-state index in [1.165, 1.54) is 12.1 Å². The Morgan fingerprint density at radius 2 is 1.71 bits per heavy atom. The average molecular weight is 298 g/mol. The normalized spacial score (nSPS) is 12.0. The predicted molar refractivity (Wildman–Crippen MR) is 66.4 cm³/mol. The lowest BCUT2D eigenvalue weighted by Crippen LogP contribution is -2.04. The first-order valence-electron chi connectivity index (χ1n) is 5.87. The Balaban J connectivity index is 2.13. The van der Waals surface area contributed by atoms with E-state index in [2.05, 4.69) is 9.97 Å². The summed E-state index contributed by atoms with van der Waals surface area (Å²) in [5.74, 6) is -1.54. The van der Waals surface area contributed by atoms with Gasteiger partial charge in [-0.15, -0.1) is 0 Å². The van der Waals surface area contributed by atoms with Crippen molar-refractivity contribution in [1.82, 2.24) is 9.97 Å². The maximum atomic E-state index is 13.7. The molecule has 0 aliphatic heterocycles. The van der Waals surface area contributed by atoms with Gasteiger partial charge in [0, 0.05) is 6.07 Å². The SMILES string of the molecule is Fc1ccc(-c2nc3ccc(C(F)(F)F)cc3[nH]2)c(F)c1. The van der Waals surface area contributed by atoms with Gasteiger partial charge in [-0.05, 0) is 30.3 Å². The number of alkyl halides is 3. The fourth-order valence-electron chi connectivity index (χ4n) is 2.00. The van der Waals surface area contributed by atoms with Crippen LogP contribution in [0.25, 0.3) is 22.4 Å². The molecule has 2 nitrogen and oxygen atoms in total. The van der Waals surface area contributed by atoms with E-state index in [-0.39, 0.29) is 22.4 Å². The standard InChI is InChI=1S/C14H7F5N2/c15-8-2-3-9(10(16)6-8)13-20-11-4-1-7(14(17,18)19)5-12(11)21-13/h1-6H,(H,20,21). The van der Waals surface area contributed by atoms with E-state index in [1.54, 1.807) is 0 Å². The monoisotopic (exact) mass is 298 g/mol. The van der Waals surface area contributed by atoms with E-state index in [1.807, 2.05) is 0 Å². The number of halogens is 5. The lowest BCUT2D eigenvalue weighted by molar-refractivity contribution is -0.137. The van der Waals surface area contributed by atoms with Crippen molar-refractivity contribution in [2.75, 3.05) is 0 Å². The minimum Gasteiger partial charge on any atom is -0.338 e. The number of hydrogen-bond acceptors (Lipinski definition) is 1. The molecule has 0 amide bonds. The first kappa shape index (κ1) is 13.5. The van der Waals surface area contributed by atoms with Gasteiger partial charge in [-0.1, -0.05) is 0 Å². The van der Waals surface area contributed by atoms with Crippen molar-refractivity contribution in [2.45, 2.75) is 6.18 Å². The highest BCUT2D eigenvalue weighted by molar-refractivity contribution is 5.80. The summed E-state index contributed by atoms with van der Waals surface area (Å²) >= 11 is 0. The predicted octanol–water partition coefficient (Wildman–Crippen LogP) is 4.53. The molecular formula is C14H7F5N2. The Labute approximate surface area is 115 Å². The van der Waals surface area contributed by atoms with E-state index >= 15 is 0 Å². The topological polar surface area (TPSA) is 28.7 Å². The summed E-state index contributed by atoms with van der Waals surface area (Å²) in [4.78, 5) is 6.62. The first-order valence-corrected chi connectivity index (χ1v) is 5.87. The Morgan fingerprint density at radius 3 is 2.38 bits per heavy atom. The second-order valence-corrected chi connectivity index (χ2v) is 4.44. The van der Waals surface area contributed by atoms with Crippen molar-refractivity contribution in [2.24, 2.45) is 0 Å². The van der Waals surface area contributed by atoms with E-state index in [0.29, 0.717) is 6.07 Å². The molecule has 21 heavy (non-hydrogen) atoms. The van der Waals surface area contributed by atoms with Crippen LogP contribution in [0.1, 0.15) is 5.56 Å². The molecule has 0 spiro atoms. The molecule has 0 fully saturated rings. The molecule has 3 aromatic rings. The highest BCUT2D eigenvalue weighted by atomic mass is 19.4. The highest BCUT2D eigenvalue weighted by Crippen LogP contribution is 2.32. The van der Waals surface area contributed by atoms with Crippen molar-refractivity contribution < 1.29 is 22.0 Å². The Kier molecular flexibility index (Phi) is 2.93. The minimum atomic E-state index is -4.47. The summed E-state index contributed by atoms with van der Waals surface area (Å²) in [5, 5.41) is 0. The fraction of sp³-hybridized carbons (Fsp3) is 0.0714. The molecule has 0 aliphatic carbocycles. The zero-order chi connectivity index (χ0) is 15.2. The Bertz CT molecular complexity index is 820. The number of benzene rings is 2. The van der Waals surface area contributed by atoms with Crippen LogP contribution in [0, 0.1) is 11.6 Å². The van der Waals surface area contributed by atoms with Gasteiger partial charge in [0.1, 0.15) is 17.5 Å². The zero-order valence-electron chi connectivity index (χ0n) is 10.3. The van der Waals surface area contributed by atoms with Crippen LogP contribution >= 0.6 is 0 Å². The van der Waals surface area contributed by atoms with Crippen molar-refractivity contribution in [1.29, 1.82) is 0 Å². The van der Waals surface area contributed by atoms with Crippen LogP contribution in [-0.4, -0.2) is 9.97 Å². The van der Waals surface area contributed by atoms with Crippen LogP contribution in [0.3, 0.4) is 0 Å². The lowest BCUT2D eigenvalue weighted by Gasteiger charge is -2.05. The summed E-state index contributed by atoms with van der Waals surface area (Å²) in [6, 6.07) is 5.89. The molecule has 7 heteroatoms. The second kappa shape index (κ2) is 4.54. The number of fused-ring (bicyclic) bond motifs is 1. The number of imidazole rings is 1. The smallest absolute Gasteiger partial charge is 0.338 e. The zero-order valence-corrected chi connectivity index (χ0v) is 10.3. The van der Waals surface area contributed by atoms with Crippen LogP contribution in [0.4, 0.5) is 22.0 Å². The maximum absolute atomic E-state index is 13.7. The second-order valence-electron chi connectivity index (χ2n) is 4.44. The van der Waals surface area contributed by atoms with Crippen LogP contribution in [-0.2, 0) is 6.18 Å². The van der Waals surface area contributed by atoms with Gasteiger partial charge in [0.2, 0.25) is 0 Å². The van der Waals surface area contributed by atoms with Gasteiger partial charge in [0.25, 0.3) is 0 Å². The van der Waals surface area contributed by atoms with Gasteiger partial charge in [-0.3, -0.25) is 0 Å². The fourth-order valence-corrected chi connectivity index (χ4v) is 2.00. The van der Waals surface area contributed by atoms with E-state index in [4.69, 9.17) is 0 Å². The molecule has 0 aliphatic rings. The van der Waals surface area contributed by atoms with Gasteiger partial charge in [-0.2, -0.15) is 13.2 Å². The number of aromatic amines is 1. The van der Waals surface area contributed by atoms with Crippen LogP contribution in [0.5, 0.6) is 0 Å². The summed E-state index contributed by atoms with van der Waals surface area (Å²) in [6.45, 7) is 0. The summed E-state index contributed by atoms with van der Waals surface area (Å²) in [7, 11) is 0. The molecule has 3 rings (SSSR count). The van der Waals surface area contributed by atoms with E-state index in [9.17, 15) is 22.0 Å². The average Bonchev–Trinajstić information content (AvgIpc) is 2.79. The Morgan fingerprint density at radius 1 is 0.952 bits per heavy atom. The third-order valence-electron chi connectivity index (χ3n) is 3.00. The van der Waals surface area contributed by atoms with Crippen molar-refractivity contribution >= 4 is 11.0 Å². The van der Waals surface area contributed by atoms with Crippen molar-refractivity contribution in [3.63, 3.8) is 0 Å². The largest absolute Gasteiger partial charge is 0.416 e. The highest BCUT2D eigenvalue weighted by Gasteiger charge is 2.30. The Hall–Kier alpha value is -2.44.